The van der Waals surface area contributed by atoms with E-state index in [9.17, 15) is 19.2 Å². The number of nitrogens with zero attached hydrogens (tertiary/aromatic N) is 2. The van der Waals surface area contributed by atoms with Crippen molar-refractivity contribution in [2.24, 2.45) is 5.92 Å². The lowest BCUT2D eigenvalue weighted by molar-refractivity contribution is -0.126. The first-order chi connectivity index (χ1) is 15.4. The zero-order valence-corrected chi connectivity index (χ0v) is 18.5. The Morgan fingerprint density at radius 2 is 1.94 bits per heavy atom. The van der Waals surface area contributed by atoms with Crippen molar-refractivity contribution in [3.05, 3.63) is 74.5 Å². The minimum Gasteiger partial charge on any atom is -0.325 e. The summed E-state index contributed by atoms with van der Waals surface area (Å²) in [4.78, 5) is 55.2. The van der Waals surface area contributed by atoms with Crippen LogP contribution < -0.4 is 15.5 Å². The molecule has 3 atom stereocenters. The van der Waals surface area contributed by atoms with Gasteiger partial charge in [-0.3, -0.25) is 34.0 Å². The number of carbonyl (C=O) groups is 3. The van der Waals surface area contributed by atoms with Gasteiger partial charge in [0.1, 0.15) is 11.8 Å². The highest BCUT2D eigenvalue weighted by Crippen LogP contribution is 2.51. The summed E-state index contributed by atoms with van der Waals surface area (Å²) in [5.41, 5.74) is 2.47. The largest absolute Gasteiger partial charge is 0.325 e. The fraction of sp³-hybridized carbons (Fsp3) is 0.227. The Balaban J connectivity index is 1.52. The number of amides is 3. The van der Waals surface area contributed by atoms with Crippen LogP contribution in [0, 0.1) is 12.8 Å². The van der Waals surface area contributed by atoms with Gasteiger partial charge in [0.25, 0.3) is 0 Å². The van der Waals surface area contributed by atoms with Crippen molar-refractivity contribution in [1.82, 2.24) is 14.9 Å². The summed E-state index contributed by atoms with van der Waals surface area (Å²) in [6.45, 7) is 1.77. The molecule has 0 spiro atoms. The number of fused-ring (bicyclic) bond motifs is 2. The van der Waals surface area contributed by atoms with Crippen molar-refractivity contribution in [3.63, 3.8) is 0 Å². The first kappa shape index (κ1) is 20.7. The third kappa shape index (κ3) is 3.55. The maximum Gasteiger partial charge on any atom is 0.308 e. The molecule has 0 aliphatic carbocycles. The van der Waals surface area contributed by atoms with Crippen LogP contribution in [0.3, 0.4) is 0 Å². The van der Waals surface area contributed by atoms with Gasteiger partial charge in [-0.25, -0.2) is 0 Å². The molecule has 0 radical (unpaired) electrons. The lowest BCUT2D eigenvalue weighted by Gasteiger charge is -2.30. The topological polar surface area (TPSA) is 110 Å². The smallest absolute Gasteiger partial charge is 0.308 e. The van der Waals surface area contributed by atoms with E-state index in [0.717, 1.165) is 22.5 Å². The molecule has 1 fully saturated rings. The zero-order valence-electron chi connectivity index (χ0n) is 16.9. The Bertz CT molecular complexity index is 1280. The van der Waals surface area contributed by atoms with Crippen LogP contribution in [0.5, 0.6) is 0 Å². The number of anilines is 1. The van der Waals surface area contributed by atoms with Gasteiger partial charge >= 0.3 is 4.87 Å². The third-order valence-electron chi connectivity index (χ3n) is 5.57. The van der Waals surface area contributed by atoms with Crippen molar-refractivity contribution in [2.45, 2.75) is 29.7 Å². The van der Waals surface area contributed by atoms with Gasteiger partial charge in [0.2, 0.25) is 17.7 Å². The summed E-state index contributed by atoms with van der Waals surface area (Å²) in [5.74, 6) is -2.17. The molecule has 3 unspecified atom stereocenters. The zero-order chi connectivity index (χ0) is 22.4. The van der Waals surface area contributed by atoms with E-state index in [1.54, 1.807) is 30.6 Å². The highest BCUT2D eigenvalue weighted by molar-refractivity contribution is 8.00. The average Bonchev–Trinajstić information content (AvgIpc) is 3.24. The molecule has 2 aliphatic heterocycles. The van der Waals surface area contributed by atoms with Crippen LogP contribution in [0.15, 0.2) is 58.6 Å². The van der Waals surface area contributed by atoms with Gasteiger partial charge in [-0.2, -0.15) is 0 Å². The molecule has 32 heavy (non-hydrogen) atoms. The number of hydrogen-bond acceptors (Lipinski definition) is 7. The second-order valence-electron chi connectivity index (χ2n) is 7.72. The van der Waals surface area contributed by atoms with E-state index >= 15 is 0 Å². The first-order valence-electron chi connectivity index (χ1n) is 9.93. The number of rotatable bonds is 4. The fourth-order valence-corrected chi connectivity index (χ4v) is 6.82. The van der Waals surface area contributed by atoms with Gasteiger partial charge in [0.05, 0.1) is 10.9 Å². The Kier molecular flexibility index (Phi) is 5.18. The lowest BCUT2D eigenvalue weighted by atomic mass is 9.84. The molecule has 162 valence electrons. The highest BCUT2D eigenvalue weighted by Gasteiger charge is 2.52. The monoisotopic (exact) mass is 466 g/mol. The van der Waals surface area contributed by atoms with Gasteiger partial charge in [-0.1, -0.05) is 46.9 Å². The van der Waals surface area contributed by atoms with Gasteiger partial charge in [0.15, 0.2) is 0 Å². The van der Waals surface area contributed by atoms with E-state index in [4.69, 9.17) is 0 Å². The highest BCUT2D eigenvalue weighted by atomic mass is 32.2. The molecule has 0 bridgehead atoms. The van der Waals surface area contributed by atoms with Crippen LogP contribution in [-0.2, 0) is 20.9 Å². The molecular weight excluding hydrogens is 448 g/mol. The molecule has 10 heteroatoms. The Morgan fingerprint density at radius 1 is 1.16 bits per heavy atom. The Labute approximate surface area is 191 Å². The maximum atomic E-state index is 12.9. The van der Waals surface area contributed by atoms with Crippen molar-refractivity contribution >= 4 is 46.5 Å². The number of carbonyl (C=O) groups excluding carboxylic acids is 3. The normalized spacial score (nSPS) is 21.6. The van der Waals surface area contributed by atoms with Crippen molar-refractivity contribution in [1.29, 1.82) is 0 Å². The SMILES string of the molecule is Cc1ccc(NC(=O)Cn2c3c(sc2=O)C(c2cccnc2)C2C(=O)NC(=O)C2S3)cc1. The molecule has 1 saturated heterocycles. The van der Waals surface area contributed by atoms with Crippen LogP contribution in [0.25, 0.3) is 0 Å². The van der Waals surface area contributed by atoms with Crippen LogP contribution >= 0.6 is 23.1 Å². The minimum atomic E-state index is -0.666. The van der Waals surface area contributed by atoms with Crippen molar-refractivity contribution < 1.29 is 14.4 Å². The second kappa shape index (κ2) is 8.03. The van der Waals surface area contributed by atoms with E-state index in [-0.39, 0.29) is 29.1 Å². The van der Waals surface area contributed by atoms with E-state index in [1.807, 2.05) is 25.1 Å². The number of imide groups is 1. The summed E-state index contributed by atoms with van der Waals surface area (Å²) in [6, 6.07) is 11.0. The van der Waals surface area contributed by atoms with Crippen LogP contribution in [0.2, 0.25) is 0 Å². The minimum absolute atomic E-state index is 0.182. The molecule has 2 aromatic heterocycles. The Morgan fingerprint density at radius 3 is 2.66 bits per heavy atom. The average molecular weight is 467 g/mol. The third-order valence-corrected chi connectivity index (χ3v) is 8.18. The first-order valence-corrected chi connectivity index (χ1v) is 11.6. The van der Waals surface area contributed by atoms with Crippen LogP contribution in [0.1, 0.15) is 21.9 Å². The van der Waals surface area contributed by atoms with Gasteiger partial charge in [0, 0.05) is 28.9 Å². The quantitative estimate of drug-likeness (QED) is 0.570. The summed E-state index contributed by atoms with van der Waals surface area (Å²) in [7, 11) is 0. The van der Waals surface area contributed by atoms with Gasteiger partial charge < -0.3 is 5.32 Å². The standard InChI is InChI=1S/C22H18N4O4S2/c1-11-4-6-13(7-5-11)24-14(27)10-26-21-18(32-22(26)30)15(12-3-2-8-23-9-12)16-17(31-21)20(29)25-19(16)28/h2-9,15-17H,10H2,1H3,(H,24,27)(H,25,28,29). The van der Waals surface area contributed by atoms with E-state index in [1.165, 1.54) is 16.3 Å². The molecule has 8 nitrogen and oxygen atoms in total. The number of thiazole rings is 1. The number of thioether (sulfide) groups is 1. The number of hydrogen-bond donors (Lipinski definition) is 2. The van der Waals surface area contributed by atoms with Crippen molar-refractivity contribution in [2.75, 3.05) is 5.32 Å². The van der Waals surface area contributed by atoms with Gasteiger partial charge in [-0.05, 0) is 30.7 Å². The van der Waals surface area contributed by atoms with Crippen LogP contribution in [0.4, 0.5) is 5.69 Å². The molecular formula is C22H18N4O4S2. The molecule has 5 rings (SSSR count). The predicted octanol–water partition coefficient (Wildman–Crippen LogP) is 2.13. The Hall–Kier alpha value is -3.24. The number of pyridine rings is 1. The van der Waals surface area contributed by atoms with Gasteiger partial charge in [-0.15, -0.1) is 0 Å². The molecule has 2 aliphatic rings. The van der Waals surface area contributed by atoms with Crippen molar-refractivity contribution in [3.8, 4) is 0 Å². The van der Waals surface area contributed by atoms with E-state index < -0.39 is 17.1 Å². The summed E-state index contributed by atoms with van der Waals surface area (Å²) in [5, 5.41) is 5.10. The molecule has 3 aromatic rings. The molecule has 2 N–H and O–H groups in total. The maximum absolute atomic E-state index is 12.9. The lowest BCUT2D eigenvalue weighted by Crippen LogP contribution is -2.32. The van der Waals surface area contributed by atoms with E-state index in [0.29, 0.717) is 15.6 Å². The predicted molar refractivity (Wildman–Crippen MR) is 121 cm³/mol. The molecule has 0 saturated carbocycles. The number of benzene rings is 1. The number of aryl methyl sites for hydroxylation is 1. The second-order valence-corrected chi connectivity index (χ2v) is 9.84. The molecule has 1 aromatic carbocycles. The van der Waals surface area contributed by atoms with Crippen LogP contribution in [-0.4, -0.2) is 32.5 Å². The van der Waals surface area contributed by atoms with E-state index in [2.05, 4.69) is 15.6 Å². The summed E-state index contributed by atoms with van der Waals surface area (Å²) in [6.07, 6.45) is 3.28. The molecule has 3 amide bonds. The summed E-state index contributed by atoms with van der Waals surface area (Å²) < 4.78 is 1.39. The summed E-state index contributed by atoms with van der Waals surface area (Å²) >= 11 is 2.19. The number of nitrogens with one attached hydrogen (secondary N) is 2. The number of aromatic nitrogens is 2. The fourth-order valence-electron chi connectivity index (χ4n) is 4.08. The molecule has 4 heterocycles.